The molecule has 0 bridgehead atoms. The van der Waals surface area contributed by atoms with E-state index >= 15 is 0 Å². The van der Waals surface area contributed by atoms with Crippen molar-refractivity contribution in [2.24, 2.45) is 0 Å². The van der Waals surface area contributed by atoms with Crippen molar-refractivity contribution in [2.45, 2.75) is 25.4 Å². The summed E-state index contributed by atoms with van der Waals surface area (Å²) in [6, 6.07) is 7.05. The monoisotopic (exact) mass is 303 g/mol. The number of carboxylic acid groups (broad SMARTS) is 1. The average Bonchev–Trinajstić information content (AvgIpc) is 3.16. The van der Waals surface area contributed by atoms with Gasteiger partial charge in [0.2, 0.25) is 5.95 Å². The number of nitrogens with zero attached hydrogens (tertiary/aromatic N) is 5. The molecule has 2 heterocycles. The number of aromatic nitrogens is 4. The molecule has 1 fully saturated rings. The summed E-state index contributed by atoms with van der Waals surface area (Å²) in [7, 11) is 1.62. The van der Waals surface area contributed by atoms with Gasteiger partial charge in [0.25, 0.3) is 0 Å². The van der Waals surface area contributed by atoms with Gasteiger partial charge >= 0.3 is 5.97 Å². The van der Waals surface area contributed by atoms with Crippen LogP contribution in [0.5, 0.6) is 5.75 Å². The van der Waals surface area contributed by atoms with E-state index in [1.807, 2.05) is 24.3 Å². The Kier molecular flexibility index (Phi) is 3.90. The first-order valence-corrected chi connectivity index (χ1v) is 7.07. The number of tetrazole rings is 1. The number of hydrogen-bond donors (Lipinski definition) is 1. The first-order valence-electron chi connectivity index (χ1n) is 7.07. The summed E-state index contributed by atoms with van der Waals surface area (Å²) in [5, 5.41) is 21.0. The summed E-state index contributed by atoms with van der Waals surface area (Å²) in [6.07, 6.45) is 1.44. The minimum atomic E-state index is -0.837. The minimum absolute atomic E-state index is 0.481. The predicted octanol–water partition coefficient (Wildman–Crippen LogP) is 0.783. The average molecular weight is 303 g/mol. The largest absolute Gasteiger partial charge is 0.497 e. The minimum Gasteiger partial charge on any atom is -0.497 e. The smallest absolute Gasteiger partial charge is 0.326 e. The van der Waals surface area contributed by atoms with Crippen LogP contribution >= 0.6 is 0 Å². The number of benzene rings is 1. The van der Waals surface area contributed by atoms with Crippen LogP contribution in [0.2, 0.25) is 0 Å². The quantitative estimate of drug-likeness (QED) is 0.872. The Labute approximate surface area is 127 Å². The van der Waals surface area contributed by atoms with Crippen molar-refractivity contribution in [3.63, 3.8) is 0 Å². The Morgan fingerprint density at radius 3 is 2.86 bits per heavy atom. The molecule has 1 saturated heterocycles. The number of hydrogen-bond acceptors (Lipinski definition) is 6. The number of carboxylic acids is 1. The Hall–Kier alpha value is -2.64. The molecule has 3 rings (SSSR count). The van der Waals surface area contributed by atoms with Gasteiger partial charge in [-0.25, -0.2) is 9.48 Å². The number of anilines is 1. The van der Waals surface area contributed by atoms with Crippen molar-refractivity contribution < 1.29 is 14.6 Å². The van der Waals surface area contributed by atoms with Crippen LogP contribution in [0, 0.1) is 0 Å². The number of aliphatic carboxylic acids is 1. The molecule has 1 aromatic heterocycles. The number of ether oxygens (including phenoxy) is 1. The summed E-state index contributed by atoms with van der Waals surface area (Å²) >= 11 is 0. The van der Waals surface area contributed by atoms with Crippen molar-refractivity contribution in [3.05, 3.63) is 29.8 Å². The second-order valence-corrected chi connectivity index (χ2v) is 5.17. The molecule has 22 heavy (non-hydrogen) atoms. The second kappa shape index (κ2) is 6.00. The molecule has 0 unspecified atom stereocenters. The van der Waals surface area contributed by atoms with Crippen LogP contribution < -0.4 is 9.64 Å². The van der Waals surface area contributed by atoms with Crippen LogP contribution in [0.3, 0.4) is 0 Å². The van der Waals surface area contributed by atoms with E-state index < -0.39 is 12.0 Å². The van der Waals surface area contributed by atoms with Gasteiger partial charge in [0.1, 0.15) is 11.8 Å². The zero-order valence-corrected chi connectivity index (χ0v) is 12.2. The van der Waals surface area contributed by atoms with E-state index in [0.29, 0.717) is 25.5 Å². The summed E-state index contributed by atoms with van der Waals surface area (Å²) in [5.41, 5.74) is 1.01. The van der Waals surface area contributed by atoms with Crippen molar-refractivity contribution in [1.82, 2.24) is 20.2 Å². The van der Waals surface area contributed by atoms with Gasteiger partial charge in [-0.3, -0.25) is 0 Å². The highest BCUT2D eigenvalue weighted by Gasteiger charge is 2.33. The third-order valence-electron chi connectivity index (χ3n) is 3.80. The standard InChI is InChI=1S/C14H17N5O3/c1-22-11-6-4-10(5-7-11)9-19-14(15-16-17-19)18-8-2-3-12(18)13(20)21/h4-7,12H,2-3,8-9H2,1H3,(H,20,21)/t12-/m1/s1. The molecule has 1 aliphatic rings. The van der Waals surface area contributed by atoms with E-state index in [9.17, 15) is 9.90 Å². The van der Waals surface area contributed by atoms with Crippen molar-refractivity contribution in [1.29, 1.82) is 0 Å². The molecule has 0 spiro atoms. The summed E-state index contributed by atoms with van der Waals surface area (Å²) in [5.74, 6) is 0.448. The Bertz CT molecular complexity index is 655. The maximum atomic E-state index is 11.3. The molecule has 1 atom stereocenters. The molecule has 0 aliphatic carbocycles. The number of methoxy groups -OCH3 is 1. The van der Waals surface area contributed by atoms with Gasteiger partial charge in [0.15, 0.2) is 0 Å². The van der Waals surface area contributed by atoms with Gasteiger partial charge < -0.3 is 14.7 Å². The Morgan fingerprint density at radius 1 is 1.41 bits per heavy atom. The summed E-state index contributed by atoms with van der Waals surface area (Å²) in [4.78, 5) is 13.1. The van der Waals surface area contributed by atoms with E-state index in [1.165, 1.54) is 0 Å². The molecule has 8 heteroatoms. The highest BCUT2D eigenvalue weighted by atomic mass is 16.5. The fourth-order valence-electron chi connectivity index (χ4n) is 2.67. The number of carbonyl (C=O) groups is 1. The van der Waals surface area contributed by atoms with Crippen LogP contribution in [0.15, 0.2) is 24.3 Å². The van der Waals surface area contributed by atoms with Crippen LogP contribution in [0.1, 0.15) is 18.4 Å². The third-order valence-corrected chi connectivity index (χ3v) is 3.80. The zero-order valence-electron chi connectivity index (χ0n) is 12.2. The van der Waals surface area contributed by atoms with E-state index in [2.05, 4.69) is 15.5 Å². The lowest BCUT2D eigenvalue weighted by molar-refractivity contribution is -0.138. The molecular weight excluding hydrogens is 286 g/mol. The number of rotatable bonds is 5. The SMILES string of the molecule is COc1ccc(Cn2nnnc2N2CCC[C@@H]2C(=O)O)cc1. The maximum absolute atomic E-state index is 11.3. The first-order chi connectivity index (χ1) is 10.7. The third kappa shape index (κ3) is 2.72. The Balaban J connectivity index is 1.81. The topological polar surface area (TPSA) is 93.4 Å². The van der Waals surface area contributed by atoms with Gasteiger partial charge in [0.05, 0.1) is 13.7 Å². The van der Waals surface area contributed by atoms with E-state index in [1.54, 1.807) is 16.7 Å². The fraction of sp³-hybridized carbons (Fsp3) is 0.429. The highest BCUT2D eigenvalue weighted by Crippen LogP contribution is 2.24. The van der Waals surface area contributed by atoms with Crippen molar-refractivity contribution in [2.75, 3.05) is 18.6 Å². The molecule has 8 nitrogen and oxygen atoms in total. The van der Waals surface area contributed by atoms with Gasteiger partial charge in [-0.15, -0.1) is 0 Å². The lowest BCUT2D eigenvalue weighted by atomic mass is 10.2. The van der Waals surface area contributed by atoms with E-state index in [-0.39, 0.29) is 0 Å². The van der Waals surface area contributed by atoms with Crippen molar-refractivity contribution in [3.8, 4) is 5.75 Å². The lowest BCUT2D eigenvalue weighted by Crippen LogP contribution is -2.37. The molecular formula is C14H17N5O3. The lowest BCUT2D eigenvalue weighted by Gasteiger charge is -2.21. The Morgan fingerprint density at radius 2 is 2.18 bits per heavy atom. The van der Waals surface area contributed by atoms with E-state index in [4.69, 9.17) is 4.74 Å². The summed E-state index contributed by atoms with van der Waals surface area (Å²) in [6.45, 7) is 1.13. The van der Waals surface area contributed by atoms with E-state index in [0.717, 1.165) is 17.7 Å². The summed E-state index contributed by atoms with van der Waals surface area (Å²) < 4.78 is 6.76. The molecule has 116 valence electrons. The molecule has 0 radical (unpaired) electrons. The van der Waals surface area contributed by atoms with Gasteiger partial charge in [0, 0.05) is 6.54 Å². The zero-order chi connectivity index (χ0) is 15.5. The van der Waals surface area contributed by atoms with Gasteiger partial charge in [-0.2, -0.15) is 0 Å². The molecule has 1 N–H and O–H groups in total. The molecule has 1 aliphatic heterocycles. The van der Waals surface area contributed by atoms with Gasteiger partial charge in [-0.05, 0) is 41.0 Å². The highest BCUT2D eigenvalue weighted by molar-refractivity contribution is 5.78. The molecule has 1 aromatic carbocycles. The predicted molar refractivity (Wildman–Crippen MR) is 77.9 cm³/mol. The maximum Gasteiger partial charge on any atom is 0.326 e. The second-order valence-electron chi connectivity index (χ2n) is 5.17. The fourth-order valence-corrected chi connectivity index (χ4v) is 2.67. The molecule has 2 aromatic rings. The van der Waals surface area contributed by atoms with Crippen LogP contribution in [-0.2, 0) is 11.3 Å². The van der Waals surface area contributed by atoms with Crippen LogP contribution in [-0.4, -0.2) is 51.0 Å². The molecule has 0 amide bonds. The van der Waals surface area contributed by atoms with Gasteiger partial charge in [-0.1, -0.05) is 17.2 Å². The molecule has 0 saturated carbocycles. The first kappa shape index (κ1) is 14.3. The van der Waals surface area contributed by atoms with Crippen LogP contribution in [0.25, 0.3) is 0 Å². The normalized spacial score (nSPS) is 17.7. The van der Waals surface area contributed by atoms with Crippen LogP contribution in [0.4, 0.5) is 5.95 Å². The van der Waals surface area contributed by atoms with Crippen molar-refractivity contribution >= 4 is 11.9 Å².